The third-order valence-corrected chi connectivity index (χ3v) is 4.03. The quantitative estimate of drug-likeness (QED) is 0.796. The first-order valence-corrected chi connectivity index (χ1v) is 8.11. The monoisotopic (exact) mass is 355 g/mol. The lowest BCUT2D eigenvalue weighted by Crippen LogP contribution is -2.21. The van der Waals surface area contributed by atoms with Crippen molar-refractivity contribution in [3.63, 3.8) is 0 Å². The van der Waals surface area contributed by atoms with Crippen molar-refractivity contribution in [2.75, 3.05) is 6.54 Å². The molecule has 1 heterocycles. The van der Waals surface area contributed by atoms with E-state index < -0.39 is 0 Å². The molecule has 0 aliphatic carbocycles. The molecule has 0 saturated carbocycles. The predicted molar refractivity (Wildman–Crippen MR) is 89.1 cm³/mol. The molecule has 0 aliphatic heterocycles. The van der Waals surface area contributed by atoms with E-state index in [-0.39, 0.29) is 11.2 Å². The molecule has 0 radical (unpaired) electrons. The standard InChI is InChI=1S/C17H23BrFNO/c1-10(2)8-20-9-13-15(17(3,4)5)14-12(19)7-6-11(18)16(14)21-13/h6-7,10,20H,8-9H2,1-5H3. The zero-order valence-corrected chi connectivity index (χ0v) is 14.9. The van der Waals surface area contributed by atoms with Crippen molar-refractivity contribution in [2.45, 2.75) is 46.6 Å². The molecule has 116 valence electrons. The summed E-state index contributed by atoms with van der Waals surface area (Å²) in [6, 6.07) is 3.18. The first-order chi connectivity index (χ1) is 9.71. The first-order valence-electron chi connectivity index (χ1n) is 7.32. The highest BCUT2D eigenvalue weighted by molar-refractivity contribution is 9.10. The zero-order valence-electron chi connectivity index (χ0n) is 13.3. The van der Waals surface area contributed by atoms with Gasteiger partial charge in [-0.25, -0.2) is 4.39 Å². The van der Waals surface area contributed by atoms with Gasteiger partial charge in [0, 0.05) is 5.56 Å². The largest absolute Gasteiger partial charge is 0.458 e. The molecule has 0 atom stereocenters. The van der Waals surface area contributed by atoms with Crippen LogP contribution in [0.3, 0.4) is 0 Å². The van der Waals surface area contributed by atoms with E-state index in [4.69, 9.17) is 4.42 Å². The van der Waals surface area contributed by atoms with Gasteiger partial charge in [-0.1, -0.05) is 34.6 Å². The number of hydrogen-bond acceptors (Lipinski definition) is 2. The van der Waals surface area contributed by atoms with Crippen LogP contribution in [0.2, 0.25) is 0 Å². The van der Waals surface area contributed by atoms with Gasteiger partial charge in [0.1, 0.15) is 11.6 Å². The van der Waals surface area contributed by atoms with Crippen molar-refractivity contribution in [2.24, 2.45) is 5.92 Å². The van der Waals surface area contributed by atoms with E-state index in [9.17, 15) is 4.39 Å². The fourth-order valence-corrected chi connectivity index (χ4v) is 2.98. The lowest BCUT2D eigenvalue weighted by atomic mass is 9.84. The highest BCUT2D eigenvalue weighted by Gasteiger charge is 2.28. The number of fused-ring (bicyclic) bond motifs is 1. The lowest BCUT2D eigenvalue weighted by molar-refractivity contribution is 0.464. The van der Waals surface area contributed by atoms with E-state index >= 15 is 0 Å². The Morgan fingerprint density at radius 3 is 2.52 bits per heavy atom. The Morgan fingerprint density at radius 1 is 1.29 bits per heavy atom. The highest BCUT2D eigenvalue weighted by Crippen LogP contribution is 2.39. The third kappa shape index (κ3) is 3.49. The molecule has 0 fully saturated rings. The van der Waals surface area contributed by atoms with Gasteiger partial charge in [-0.15, -0.1) is 0 Å². The number of hydrogen-bond donors (Lipinski definition) is 1. The van der Waals surface area contributed by atoms with Crippen LogP contribution in [0.4, 0.5) is 4.39 Å². The van der Waals surface area contributed by atoms with Crippen molar-refractivity contribution >= 4 is 26.9 Å². The maximum Gasteiger partial charge on any atom is 0.151 e. The number of rotatable bonds is 4. The van der Waals surface area contributed by atoms with E-state index in [1.807, 2.05) is 0 Å². The summed E-state index contributed by atoms with van der Waals surface area (Å²) in [6.45, 7) is 12.1. The topological polar surface area (TPSA) is 25.2 Å². The van der Waals surface area contributed by atoms with Gasteiger partial charge in [0.15, 0.2) is 5.58 Å². The second kappa shape index (κ2) is 6.09. The number of benzene rings is 1. The molecule has 2 rings (SSSR count). The van der Waals surface area contributed by atoms with Crippen molar-refractivity contribution in [1.29, 1.82) is 0 Å². The van der Waals surface area contributed by atoms with Crippen LogP contribution >= 0.6 is 15.9 Å². The number of halogens is 2. The normalized spacial score (nSPS) is 12.6. The molecule has 1 aromatic carbocycles. The molecule has 4 heteroatoms. The smallest absolute Gasteiger partial charge is 0.151 e. The van der Waals surface area contributed by atoms with Crippen LogP contribution in [-0.2, 0) is 12.0 Å². The van der Waals surface area contributed by atoms with Gasteiger partial charge in [-0.2, -0.15) is 0 Å². The molecule has 2 aromatic rings. The second-order valence-electron chi connectivity index (χ2n) is 6.91. The summed E-state index contributed by atoms with van der Waals surface area (Å²) >= 11 is 3.46. The van der Waals surface area contributed by atoms with Crippen LogP contribution in [0, 0.1) is 11.7 Å². The van der Waals surface area contributed by atoms with E-state index in [2.05, 4.69) is 55.9 Å². The zero-order chi connectivity index (χ0) is 15.8. The summed E-state index contributed by atoms with van der Waals surface area (Å²) in [5.41, 5.74) is 1.37. The van der Waals surface area contributed by atoms with Crippen molar-refractivity contribution < 1.29 is 8.81 Å². The van der Waals surface area contributed by atoms with Crippen LogP contribution in [0.15, 0.2) is 21.0 Å². The minimum absolute atomic E-state index is 0.179. The molecule has 1 N–H and O–H groups in total. The summed E-state index contributed by atoms with van der Waals surface area (Å²) in [5.74, 6) is 1.16. The summed E-state index contributed by atoms with van der Waals surface area (Å²) < 4.78 is 21.1. The minimum Gasteiger partial charge on any atom is -0.458 e. The molecule has 0 amide bonds. The van der Waals surface area contributed by atoms with E-state index in [1.54, 1.807) is 6.07 Å². The van der Waals surface area contributed by atoms with Gasteiger partial charge in [0.05, 0.1) is 16.4 Å². The number of furan rings is 1. The Balaban J connectivity index is 2.54. The summed E-state index contributed by atoms with van der Waals surface area (Å²) in [5, 5.41) is 3.98. The molecule has 0 unspecified atom stereocenters. The average Bonchev–Trinajstić information content (AvgIpc) is 2.74. The van der Waals surface area contributed by atoms with Gasteiger partial charge < -0.3 is 9.73 Å². The second-order valence-corrected chi connectivity index (χ2v) is 7.76. The molecule has 1 aromatic heterocycles. The molecule has 0 spiro atoms. The van der Waals surface area contributed by atoms with E-state index in [0.717, 1.165) is 22.3 Å². The summed E-state index contributed by atoms with van der Waals surface area (Å²) in [4.78, 5) is 0. The molecule has 0 bridgehead atoms. The summed E-state index contributed by atoms with van der Waals surface area (Å²) in [6.07, 6.45) is 0. The van der Waals surface area contributed by atoms with Crippen LogP contribution in [-0.4, -0.2) is 6.54 Å². The van der Waals surface area contributed by atoms with Crippen molar-refractivity contribution in [3.8, 4) is 0 Å². The Labute approximate surface area is 134 Å². The molecular formula is C17H23BrFNO. The van der Waals surface area contributed by atoms with Gasteiger partial charge in [-0.3, -0.25) is 0 Å². The van der Waals surface area contributed by atoms with Crippen LogP contribution < -0.4 is 5.32 Å². The van der Waals surface area contributed by atoms with Gasteiger partial charge >= 0.3 is 0 Å². The molecule has 0 aliphatic rings. The first kappa shape index (κ1) is 16.5. The van der Waals surface area contributed by atoms with Crippen LogP contribution in [0.25, 0.3) is 11.0 Å². The fourth-order valence-electron chi connectivity index (χ4n) is 2.57. The van der Waals surface area contributed by atoms with Gasteiger partial charge in [0.2, 0.25) is 0 Å². The maximum atomic E-state index is 14.3. The van der Waals surface area contributed by atoms with Crippen molar-refractivity contribution in [3.05, 3.63) is 33.7 Å². The minimum atomic E-state index is -0.225. The highest BCUT2D eigenvalue weighted by atomic mass is 79.9. The molecule has 0 saturated heterocycles. The van der Waals surface area contributed by atoms with Gasteiger partial charge in [0.25, 0.3) is 0 Å². The molecule has 21 heavy (non-hydrogen) atoms. The Morgan fingerprint density at radius 2 is 1.95 bits per heavy atom. The van der Waals surface area contributed by atoms with E-state index in [0.29, 0.717) is 23.4 Å². The third-order valence-electron chi connectivity index (χ3n) is 3.40. The molecule has 2 nitrogen and oxygen atoms in total. The lowest BCUT2D eigenvalue weighted by Gasteiger charge is -2.20. The fraction of sp³-hybridized carbons (Fsp3) is 0.529. The van der Waals surface area contributed by atoms with Crippen LogP contribution in [0.5, 0.6) is 0 Å². The maximum absolute atomic E-state index is 14.3. The average molecular weight is 356 g/mol. The predicted octanol–water partition coefficient (Wildman–Crippen LogP) is 5.38. The molecular weight excluding hydrogens is 333 g/mol. The number of nitrogens with one attached hydrogen (secondary N) is 1. The summed E-state index contributed by atoms with van der Waals surface area (Å²) in [7, 11) is 0. The Hall–Kier alpha value is -0.870. The Bertz CT molecular complexity index is 640. The Kier molecular flexibility index (Phi) is 4.79. The van der Waals surface area contributed by atoms with E-state index in [1.165, 1.54) is 6.07 Å². The van der Waals surface area contributed by atoms with Gasteiger partial charge in [-0.05, 0) is 45.9 Å². The van der Waals surface area contributed by atoms with Crippen LogP contribution in [0.1, 0.15) is 45.9 Å². The SMILES string of the molecule is CC(C)CNCc1oc2c(Br)ccc(F)c2c1C(C)(C)C. The van der Waals surface area contributed by atoms with Crippen molar-refractivity contribution in [1.82, 2.24) is 5.32 Å².